The molecule has 1 aromatic carbocycles. The molecule has 5 heteroatoms. The standard InChI is InChI=1S/C22H28N2O3/c1-5-22(3,16-11-12-18(26-4)19(13-16)27-6-2)24-14-15-9-7-8-10-17(23)20(15)21(24)25/h7-8,10-13H,5-6,9,14,23H2,1-4H3. The molecule has 0 bridgehead atoms. The van der Waals surface area contributed by atoms with Crippen LogP contribution < -0.4 is 15.2 Å². The molecular formula is C22H28N2O3. The van der Waals surface area contributed by atoms with E-state index in [0.29, 0.717) is 35.9 Å². The smallest absolute Gasteiger partial charge is 0.256 e. The fourth-order valence-corrected chi connectivity index (χ4v) is 3.82. The van der Waals surface area contributed by atoms with E-state index in [4.69, 9.17) is 15.2 Å². The van der Waals surface area contributed by atoms with Crippen molar-refractivity contribution in [2.24, 2.45) is 5.73 Å². The van der Waals surface area contributed by atoms with Gasteiger partial charge in [-0.3, -0.25) is 4.79 Å². The number of methoxy groups -OCH3 is 1. The third-order valence-corrected chi connectivity index (χ3v) is 5.60. The molecule has 27 heavy (non-hydrogen) atoms. The number of allylic oxidation sites excluding steroid dienone is 3. The zero-order valence-electron chi connectivity index (χ0n) is 16.5. The highest BCUT2D eigenvalue weighted by Gasteiger charge is 2.42. The molecular weight excluding hydrogens is 340 g/mol. The molecule has 5 nitrogen and oxygen atoms in total. The molecule has 1 aliphatic heterocycles. The number of carbonyl (C=O) groups is 1. The van der Waals surface area contributed by atoms with Gasteiger partial charge >= 0.3 is 0 Å². The van der Waals surface area contributed by atoms with Gasteiger partial charge in [0, 0.05) is 12.2 Å². The second-order valence-electron chi connectivity index (χ2n) is 7.05. The predicted octanol–water partition coefficient (Wildman–Crippen LogP) is 3.66. The lowest BCUT2D eigenvalue weighted by molar-refractivity contribution is -0.131. The molecule has 0 saturated carbocycles. The van der Waals surface area contributed by atoms with Gasteiger partial charge in [0.1, 0.15) is 0 Å². The highest BCUT2D eigenvalue weighted by atomic mass is 16.5. The minimum absolute atomic E-state index is 0.000535. The molecule has 1 unspecified atom stereocenters. The quantitative estimate of drug-likeness (QED) is 0.832. The number of carbonyl (C=O) groups excluding carboxylic acids is 1. The van der Waals surface area contributed by atoms with E-state index in [1.807, 2.05) is 42.2 Å². The first-order valence-corrected chi connectivity index (χ1v) is 9.44. The maximum atomic E-state index is 13.3. The van der Waals surface area contributed by atoms with Crippen molar-refractivity contribution in [1.82, 2.24) is 4.90 Å². The fourth-order valence-electron chi connectivity index (χ4n) is 3.82. The number of amides is 1. The van der Waals surface area contributed by atoms with Crippen LogP contribution in [-0.4, -0.2) is 31.1 Å². The highest BCUT2D eigenvalue weighted by molar-refractivity contribution is 6.01. The van der Waals surface area contributed by atoms with Gasteiger partial charge in [0.25, 0.3) is 5.91 Å². The maximum Gasteiger partial charge on any atom is 0.256 e. The van der Waals surface area contributed by atoms with Crippen LogP contribution in [-0.2, 0) is 10.3 Å². The summed E-state index contributed by atoms with van der Waals surface area (Å²) in [6.07, 6.45) is 7.31. The molecule has 0 saturated heterocycles. The Morgan fingerprint density at radius 3 is 2.70 bits per heavy atom. The van der Waals surface area contributed by atoms with E-state index in [0.717, 1.165) is 24.0 Å². The van der Waals surface area contributed by atoms with Crippen molar-refractivity contribution in [2.75, 3.05) is 20.3 Å². The first-order chi connectivity index (χ1) is 13.0. The lowest BCUT2D eigenvalue weighted by Gasteiger charge is -2.39. The number of benzene rings is 1. The Bertz CT molecular complexity index is 838. The maximum absolute atomic E-state index is 13.3. The molecule has 1 heterocycles. The number of hydrogen-bond acceptors (Lipinski definition) is 4. The largest absolute Gasteiger partial charge is 0.493 e. The molecule has 0 spiro atoms. The van der Waals surface area contributed by atoms with Gasteiger partial charge in [-0.15, -0.1) is 0 Å². The first-order valence-electron chi connectivity index (χ1n) is 9.44. The van der Waals surface area contributed by atoms with Gasteiger partial charge in [-0.1, -0.05) is 25.1 Å². The summed E-state index contributed by atoms with van der Waals surface area (Å²) in [6, 6.07) is 5.91. The van der Waals surface area contributed by atoms with Crippen LogP contribution in [0.3, 0.4) is 0 Å². The fraction of sp³-hybridized carbons (Fsp3) is 0.409. The summed E-state index contributed by atoms with van der Waals surface area (Å²) in [5.41, 5.74) is 9.02. The van der Waals surface area contributed by atoms with Gasteiger partial charge in [0.15, 0.2) is 11.5 Å². The third kappa shape index (κ3) is 3.22. The molecule has 1 aromatic rings. The lowest BCUT2D eigenvalue weighted by atomic mass is 9.87. The average Bonchev–Trinajstić information content (AvgIpc) is 2.89. The summed E-state index contributed by atoms with van der Waals surface area (Å²) in [7, 11) is 1.63. The molecule has 1 atom stereocenters. The van der Waals surface area contributed by atoms with Crippen LogP contribution >= 0.6 is 0 Å². The SMILES string of the molecule is CCOc1cc(C(C)(CC)N2CC3=C(C2=O)C(N)=CC=CC3)ccc1OC. The van der Waals surface area contributed by atoms with E-state index in [2.05, 4.69) is 19.9 Å². The minimum Gasteiger partial charge on any atom is -0.493 e. The van der Waals surface area contributed by atoms with Gasteiger partial charge in [0.2, 0.25) is 0 Å². The summed E-state index contributed by atoms with van der Waals surface area (Å²) in [5, 5.41) is 0. The monoisotopic (exact) mass is 368 g/mol. The van der Waals surface area contributed by atoms with E-state index in [1.165, 1.54) is 0 Å². The van der Waals surface area contributed by atoms with Crippen molar-refractivity contribution in [3.05, 3.63) is 58.8 Å². The Labute approximate surface area is 161 Å². The summed E-state index contributed by atoms with van der Waals surface area (Å²) >= 11 is 0. The lowest BCUT2D eigenvalue weighted by Crippen LogP contribution is -2.45. The normalized spacial score (nSPS) is 18.7. The van der Waals surface area contributed by atoms with Crippen LogP contribution in [0.25, 0.3) is 0 Å². The van der Waals surface area contributed by atoms with E-state index >= 15 is 0 Å². The van der Waals surface area contributed by atoms with Gasteiger partial charge in [0.05, 0.1) is 24.8 Å². The van der Waals surface area contributed by atoms with Crippen molar-refractivity contribution in [3.8, 4) is 11.5 Å². The Morgan fingerprint density at radius 1 is 1.26 bits per heavy atom. The number of hydrogen-bond donors (Lipinski definition) is 1. The van der Waals surface area contributed by atoms with Gasteiger partial charge in [-0.05, 0) is 56.0 Å². The van der Waals surface area contributed by atoms with Crippen LogP contribution in [0.4, 0.5) is 0 Å². The van der Waals surface area contributed by atoms with Crippen LogP contribution in [0.15, 0.2) is 53.3 Å². The Kier molecular flexibility index (Phi) is 5.31. The zero-order valence-corrected chi connectivity index (χ0v) is 16.5. The molecule has 2 N–H and O–H groups in total. The van der Waals surface area contributed by atoms with Crippen LogP contribution in [0.2, 0.25) is 0 Å². The minimum atomic E-state index is -0.467. The summed E-state index contributed by atoms with van der Waals surface area (Å²) in [4.78, 5) is 15.2. The number of nitrogens with two attached hydrogens (primary N) is 1. The van der Waals surface area contributed by atoms with Crippen LogP contribution in [0.5, 0.6) is 11.5 Å². The zero-order chi connectivity index (χ0) is 19.6. The second-order valence-corrected chi connectivity index (χ2v) is 7.05. The van der Waals surface area contributed by atoms with Crippen LogP contribution in [0, 0.1) is 0 Å². The molecule has 1 amide bonds. The van der Waals surface area contributed by atoms with Gasteiger partial charge < -0.3 is 20.1 Å². The number of ether oxygens (including phenoxy) is 2. The van der Waals surface area contributed by atoms with E-state index in [1.54, 1.807) is 7.11 Å². The van der Waals surface area contributed by atoms with Crippen molar-refractivity contribution < 1.29 is 14.3 Å². The number of rotatable bonds is 6. The third-order valence-electron chi connectivity index (χ3n) is 5.60. The van der Waals surface area contributed by atoms with E-state index in [-0.39, 0.29) is 5.91 Å². The van der Waals surface area contributed by atoms with Gasteiger partial charge in [-0.2, -0.15) is 0 Å². The van der Waals surface area contributed by atoms with E-state index in [9.17, 15) is 4.79 Å². The Balaban J connectivity index is 2.00. The molecule has 0 aromatic heterocycles. The Morgan fingerprint density at radius 2 is 2.04 bits per heavy atom. The molecule has 1 aliphatic carbocycles. The van der Waals surface area contributed by atoms with Crippen molar-refractivity contribution in [1.29, 1.82) is 0 Å². The number of nitrogens with zero attached hydrogens (tertiary/aromatic N) is 1. The topological polar surface area (TPSA) is 64.8 Å². The van der Waals surface area contributed by atoms with E-state index < -0.39 is 5.54 Å². The van der Waals surface area contributed by atoms with Gasteiger partial charge in [-0.25, -0.2) is 0 Å². The Hall–Kier alpha value is -2.69. The molecule has 144 valence electrons. The van der Waals surface area contributed by atoms with Crippen molar-refractivity contribution in [2.45, 2.75) is 39.2 Å². The van der Waals surface area contributed by atoms with Crippen molar-refractivity contribution >= 4 is 5.91 Å². The average molecular weight is 368 g/mol. The predicted molar refractivity (Wildman–Crippen MR) is 107 cm³/mol. The summed E-state index contributed by atoms with van der Waals surface area (Å²) in [6.45, 7) is 7.28. The summed E-state index contributed by atoms with van der Waals surface area (Å²) < 4.78 is 11.2. The molecule has 2 aliphatic rings. The first kappa shape index (κ1) is 19.1. The molecule has 3 rings (SSSR count). The molecule has 0 radical (unpaired) electrons. The van der Waals surface area contributed by atoms with Crippen LogP contribution in [0.1, 0.15) is 39.2 Å². The highest BCUT2D eigenvalue weighted by Crippen LogP contribution is 2.41. The second kappa shape index (κ2) is 7.51. The summed E-state index contributed by atoms with van der Waals surface area (Å²) in [5.74, 6) is 1.39. The van der Waals surface area contributed by atoms with Crippen molar-refractivity contribution in [3.63, 3.8) is 0 Å². The molecule has 0 fully saturated rings.